The molecule has 1 saturated heterocycles. The summed E-state index contributed by atoms with van der Waals surface area (Å²) in [5.74, 6) is 0.0379. The molecule has 130 valence electrons. The fourth-order valence-corrected chi connectivity index (χ4v) is 3.14. The summed E-state index contributed by atoms with van der Waals surface area (Å²) < 4.78 is 0. The molecule has 2 aromatic carbocycles. The Bertz CT molecular complexity index is 781. The smallest absolute Gasteiger partial charge is 0.229 e. The van der Waals surface area contributed by atoms with E-state index in [0.717, 1.165) is 16.9 Å². The number of carbonyl (C=O) groups is 2. The maximum absolute atomic E-state index is 12.5. The third-order valence-electron chi connectivity index (χ3n) is 4.65. The fourth-order valence-electron chi connectivity index (χ4n) is 3.14. The van der Waals surface area contributed by atoms with Crippen molar-refractivity contribution in [2.75, 3.05) is 16.8 Å². The summed E-state index contributed by atoms with van der Waals surface area (Å²) >= 11 is 0. The highest BCUT2D eigenvalue weighted by Crippen LogP contribution is 2.27. The second-order valence-electron chi connectivity index (χ2n) is 7.01. The van der Waals surface area contributed by atoms with E-state index in [9.17, 15) is 9.59 Å². The Morgan fingerprint density at radius 2 is 1.88 bits per heavy atom. The first-order valence-electron chi connectivity index (χ1n) is 8.72. The van der Waals surface area contributed by atoms with Crippen LogP contribution in [-0.2, 0) is 9.59 Å². The van der Waals surface area contributed by atoms with Crippen molar-refractivity contribution in [2.24, 2.45) is 5.92 Å². The molecule has 1 fully saturated rings. The number of amides is 2. The molecule has 25 heavy (non-hydrogen) atoms. The normalized spacial score (nSPS) is 17.2. The highest BCUT2D eigenvalue weighted by Gasteiger charge is 2.35. The predicted octanol–water partition coefficient (Wildman–Crippen LogP) is 4.11. The van der Waals surface area contributed by atoms with Gasteiger partial charge in [-0.25, -0.2) is 0 Å². The Hall–Kier alpha value is -2.62. The molecule has 0 radical (unpaired) electrons. The molecule has 3 rings (SSSR count). The summed E-state index contributed by atoms with van der Waals surface area (Å²) in [6, 6.07) is 15.7. The van der Waals surface area contributed by atoms with Crippen LogP contribution >= 0.6 is 0 Å². The standard InChI is InChI=1S/C21H24N2O2/c1-14(2)16-7-9-19(10-8-16)23-13-17(12-20(23)24)21(25)22-18-6-4-5-15(3)11-18/h4-11,14,17H,12-13H2,1-3H3,(H,22,25). The van der Waals surface area contributed by atoms with Crippen LogP contribution in [0.3, 0.4) is 0 Å². The SMILES string of the molecule is Cc1cccc(NC(=O)C2CC(=O)N(c3ccc(C(C)C)cc3)C2)c1. The molecule has 1 unspecified atom stereocenters. The van der Waals surface area contributed by atoms with Gasteiger partial charge >= 0.3 is 0 Å². The van der Waals surface area contributed by atoms with E-state index in [-0.39, 0.29) is 24.2 Å². The molecule has 0 bridgehead atoms. The lowest BCUT2D eigenvalue weighted by Gasteiger charge is -2.18. The van der Waals surface area contributed by atoms with Crippen molar-refractivity contribution in [1.82, 2.24) is 0 Å². The minimum Gasteiger partial charge on any atom is -0.326 e. The third-order valence-corrected chi connectivity index (χ3v) is 4.65. The van der Waals surface area contributed by atoms with Crippen molar-refractivity contribution in [1.29, 1.82) is 0 Å². The van der Waals surface area contributed by atoms with Gasteiger partial charge in [-0.05, 0) is 48.2 Å². The molecule has 0 spiro atoms. The highest BCUT2D eigenvalue weighted by molar-refractivity contribution is 6.03. The van der Waals surface area contributed by atoms with Crippen molar-refractivity contribution in [2.45, 2.75) is 33.1 Å². The van der Waals surface area contributed by atoms with E-state index in [2.05, 4.69) is 19.2 Å². The van der Waals surface area contributed by atoms with Crippen molar-refractivity contribution in [3.05, 3.63) is 59.7 Å². The molecule has 0 aromatic heterocycles. The number of benzene rings is 2. The molecule has 1 N–H and O–H groups in total. The number of nitrogens with one attached hydrogen (secondary N) is 1. The number of aryl methyl sites for hydroxylation is 1. The van der Waals surface area contributed by atoms with Crippen molar-refractivity contribution >= 4 is 23.2 Å². The van der Waals surface area contributed by atoms with Crippen LogP contribution in [-0.4, -0.2) is 18.4 Å². The Balaban J connectivity index is 1.68. The third kappa shape index (κ3) is 3.90. The highest BCUT2D eigenvalue weighted by atomic mass is 16.2. The van der Waals surface area contributed by atoms with E-state index in [0.29, 0.717) is 12.5 Å². The number of carbonyl (C=O) groups excluding carboxylic acids is 2. The molecule has 2 amide bonds. The number of hydrogen-bond donors (Lipinski definition) is 1. The maximum atomic E-state index is 12.5. The second kappa shape index (κ2) is 7.09. The quantitative estimate of drug-likeness (QED) is 0.913. The van der Waals surface area contributed by atoms with Gasteiger partial charge in [-0.15, -0.1) is 0 Å². The maximum Gasteiger partial charge on any atom is 0.229 e. The first-order valence-corrected chi connectivity index (χ1v) is 8.72. The summed E-state index contributed by atoms with van der Waals surface area (Å²) in [4.78, 5) is 26.6. The lowest BCUT2D eigenvalue weighted by atomic mass is 10.0. The van der Waals surface area contributed by atoms with E-state index in [1.807, 2.05) is 55.5 Å². The predicted molar refractivity (Wildman–Crippen MR) is 101 cm³/mol. The Morgan fingerprint density at radius 3 is 2.52 bits per heavy atom. The Kier molecular flexibility index (Phi) is 4.88. The largest absolute Gasteiger partial charge is 0.326 e. The molecule has 1 heterocycles. The van der Waals surface area contributed by atoms with Crippen LogP contribution < -0.4 is 10.2 Å². The van der Waals surface area contributed by atoms with Crippen LogP contribution in [0.15, 0.2) is 48.5 Å². The molecule has 4 heteroatoms. The van der Waals surface area contributed by atoms with Crippen molar-refractivity contribution in [3.63, 3.8) is 0 Å². The van der Waals surface area contributed by atoms with Gasteiger partial charge in [0.15, 0.2) is 0 Å². The van der Waals surface area contributed by atoms with Gasteiger partial charge in [-0.3, -0.25) is 9.59 Å². The molecular weight excluding hydrogens is 312 g/mol. The van der Waals surface area contributed by atoms with E-state index in [1.54, 1.807) is 4.90 Å². The Labute approximate surface area is 148 Å². The fraction of sp³-hybridized carbons (Fsp3) is 0.333. The summed E-state index contributed by atoms with van der Waals surface area (Å²) in [7, 11) is 0. The number of hydrogen-bond acceptors (Lipinski definition) is 2. The number of anilines is 2. The molecule has 1 atom stereocenters. The number of nitrogens with zero attached hydrogens (tertiary/aromatic N) is 1. The summed E-state index contributed by atoms with van der Waals surface area (Å²) in [6.07, 6.45) is 0.254. The van der Waals surface area contributed by atoms with E-state index in [4.69, 9.17) is 0 Å². The molecule has 1 aliphatic heterocycles. The van der Waals surface area contributed by atoms with Gasteiger partial charge in [0.2, 0.25) is 11.8 Å². The van der Waals surface area contributed by atoms with E-state index >= 15 is 0 Å². The van der Waals surface area contributed by atoms with Crippen LogP contribution in [0, 0.1) is 12.8 Å². The van der Waals surface area contributed by atoms with E-state index in [1.165, 1.54) is 5.56 Å². The summed E-state index contributed by atoms with van der Waals surface area (Å²) in [5, 5.41) is 2.92. The lowest BCUT2D eigenvalue weighted by molar-refractivity contribution is -0.122. The van der Waals surface area contributed by atoms with Gasteiger partial charge in [-0.1, -0.05) is 38.1 Å². The van der Waals surface area contributed by atoms with Crippen molar-refractivity contribution < 1.29 is 9.59 Å². The zero-order valence-electron chi connectivity index (χ0n) is 15.0. The summed E-state index contributed by atoms with van der Waals surface area (Å²) in [6.45, 7) is 6.69. The second-order valence-corrected chi connectivity index (χ2v) is 7.01. The molecule has 0 aliphatic carbocycles. The van der Waals surface area contributed by atoms with Gasteiger partial charge in [0.05, 0.1) is 5.92 Å². The molecule has 1 aliphatic rings. The van der Waals surface area contributed by atoms with Crippen LogP contribution in [0.25, 0.3) is 0 Å². The minimum atomic E-state index is -0.321. The van der Waals surface area contributed by atoms with Gasteiger partial charge in [-0.2, -0.15) is 0 Å². The zero-order chi connectivity index (χ0) is 18.0. The Morgan fingerprint density at radius 1 is 1.16 bits per heavy atom. The lowest BCUT2D eigenvalue weighted by Crippen LogP contribution is -2.28. The van der Waals surface area contributed by atoms with Crippen molar-refractivity contribution in [3.8, 4) is 0 Å². The summed E-state index contributed by atoms with van der Waals surface area (Å²) in [5.41, 5.74) is 3.97. The topological polar surface area (TPSA) is 49.4 Å². The van der Waals surface area contributed by atoms with Crippen LogP contribution in [0.5, 0.6) is 0 Å². The van der Waals surface area contributed by atoms with Gasteiger partial charge < -0.3 is 10.2 Å². The minimum absolute atomic E-state index is 0.00156. The van der Waals surface area contributed by atoms with Crippen LogP contribution in [0.2, 0.25) is 0 Å². The molecule has 4 nitrogen and oxygen atoms in total. The van der Waals surface area contributed by atoms with Crippen LogP contribution in [0.1, 0.15) is 37.3 Å². The van der Waals surface area contributed by atoms with Gasteiger partial charge in [0.25, 0.3) is 0 Å². The molecule has 2 aromatic rings. The average molecular weight is 336 g/mol. The molecular formula is C21H24N2O2. The first-order chi connectivity index (χ1) is 11.9. The first kappa shape index (κ1) is 17.2. The van der Waals surface area contributed by atoms with E-state index < -0.39 is 0 Å². The van der Waals surface area contributed by atoms with Crippen LogP contribution in [0.4, 0.5) is 11.4 Å². The zero-order valence-corrected chi connectivity index (χ0v) is 15.0. The molecule has 0 saturated carbocycles. The van der Waals surface area contributed by atoms with Gasteiger partial charge in [0.1, 0.15) is 0 Å². The number of rotatable bonds is 4. The average Bonchev–Trinajstić information content (AvgIpc) is 2.97. The monoisotopic (exact) mass is 336 g/mol. The van der Waals surface area contributed by atoms with Gasteiger partial charge in [0, 0.05) is 24.3 Å².